The van der Waals surface area contributed by atoms with Gasteiger partial charge in [0.05, 0.1) is 12.8 Å². The predicted octanol–water partition coefficient (Wildman–Crippen LogP) is 1.84. The molecule has 136 valence electrons. The zero-order valence-electron chi connectivity index (χ0n) is 14.3. The number of carbonyl (C=O) groups excluding carboxylic acids is 3. The van der Waals surface area contributed by atoms with Crippen LogP contribution in [-0.2, 0) is 22.6 Å². The SMILES string of the molecule is O=C(CCC1NC(=O)N(CCc2ccccc2)C1=O)NCc1ccco1. The van der Waals surface area contributed by atoms with Crippen LogP contribution in [0.25, 0.3) is 0 Å². The molecule has 1 aliphatic rings. The van der Waals surface area contributed by atoms with Gasteiger partial charge in [0.15, 0.2) is 0 Å². The van der Waals surface area contributed by atoms with Gasteiger partial charge in [-0.3, -0.25) is 14.5 Å². The third-order valence-electron chi connectivity index (χ3n) is 4.27. The molecule has 0 saturated carbocycles. The minimum atomic E-state index is -0.646. The van der Waals surface area contributed by atoms with Crippen LogP contribution in [0, 0.1) is 0 Å². The number of nitrogens with zero attached hydrogens (tertiary/aromatic N) is 1. The molecule has 26 heavy (non-hydrogen) atoms. The van der Waals surface area contributed by atoms with E-state index in [0.29, 0.717) is 25.3 Å². The van der Waals surface area contributed by atoms with Gasteiger partial charge in [0.2, 0.25) is 5.91 Å². The summed E-state index contributed by atoms with van der Waals surface area (Å²) in [6.07, 6.45) is 2.58. The average Bonchev–Trinajstić information content (AvgIpc) is 3.26. The molecule has 7 nitrogen and oxygen atoms in total. The van der Waals surface area contributed by atoms with Gasteiger partial charge < -0.3 is 15.1 Å². The Morgan fingerprint density at radius 1 is 1.15 bits per heavy atom. The topological polar surface area (TPSA) is 91.7 Å². The predicted molar refractivity (Wildman–Crippen MR) is 94.0 cm³/mol. The van der Waals surface area contributed by atoms with Crippen molar-refractivity contribution in [2.75, 3.05) is 6.54 Å². The lowest BCUT2D eigenvalue weighted by Gasteiger charge is -2.13. The van der Waals surface area contributed by atoms with Crippen molar-refractivity contribution in [3.8, 4) is 0 Å². The maximum atomic E-state index is 12.4. The number of hydrogen-bond donors (Lipinski definition) is 2. The second-order valence-corrected chi connectivity index (χ2v) is 6.12. The molecule has 1 saturated heterocycles. The Morgan fingerprint density at radius 3 is 2.69 bits per heavy atom. The van der Waals surface area contributed by atoms with Crippen molar-refractivity contribution in [3.05, 3.63) is 60.1 Å². The quantitative estimate of drug-likeness (QED) is 0.707. The summed E-state index contributed by atoms with van der Waals surface area (Å²) in [7, 11) is 0. The molecular formula is C19H21N3O4. The Morgan fingerprint density at radius 2 is 1.96 bits per heavy atom. The minimum absolute atomic E-state index is 0.157. The van der Waals surface area contributed by atoms with E-state index in [1.54, 1.807) is 12.1 Å². The first kappa shape index (κ1) is 17.7. The van der Waals surface area contributed by atoms with Crippen LogP contribution in [0.1, 0.15) is 24.2 Å². The number of nitrogens with one attached hydrogen (secondary N) is 2. The fourth-order valence-electron chi connectivity index (χ4n) is 2.83. The summed E-state index contributed by atoms with van der Waals surface area (Å²) < 4.78 is 5.14. The van der Waals surface area contributed by atoms with Crippen molar-refractivity contribution in [1.29, 1.82) is 0 Å². The number of hydrogen-bond acceptors (Lipinski definition) is 4. The van der Waals surface area contributed by atoms with Crippen molar-refractivity contribution >= 4 is 17.8 Å². The Kier molecular flexibility index (Phi) is 5.68. The summed E-state index contributed by atoms with van der Waals surface area (Å²) in [4.78, 5) is 37.5. The summed E-state index contributed by atoms with van der Waals surface area (Å²) in [5, 5.41) is 5.38. The second-order valence-electron chi connectivity index (χ2n) is 6.12. The van der Waals surface area contributed by atoms with Crippen LogP contribution in [-0.4, -0.2) is 35.3 Å². The summed E-state index contributed by atoms with van der Waals surface area (Å²) in [5.41, 5.74) is 1.06. The monoisotopic (exact) mass is 355 g/mol. The minimum Gasteiger partial charge on any atom is -0.467 e. The van der Waals surface area contributed by atoms with Gasteiger partial charge in [0.1, 0.15) is 11.8 Å². The molecule has 1 aliphatic heterocycles. The van der Waals surface area contributed by atoms with Gasteiger partial charge in [-0.25, -0.2) is 4.79 Å². The molecule has 0 aliphatic carbocycles. The Balaban J connectivity index is 1.43. The van der Waals surface area contributed by atoms with Gasteiger partial charge in [-0.1, -0.05) is 30.3 Å². The lowest BCUT2D eigenvalue weighted by atomic mass is 10.1. The van der Waals surface area contributed by atoms with E-state index in [-0.39, 0.29) is 24.7 Å². The molecule has 2 heterocycles. The zero-order chi connectivity index (χ0) is 18.4. The van der Waals surface area contributed by atoms with Crippen molar-refractivity contribution in [3.63, 3.8) is 0 Å². The Labute approximate surface area is 151 Å². The van der Waals surface area contributed by atoms with Gasteiger partial charge in [0, 0.05) is 13.0 Å². The molecule has 4 amide bonds. The number of imide groups is 1. The number of carbonyl (C=O) groups is 3. The number of amides is 4. The summed E-state index contributed by atoms with van der Waals surface area (Å²) in [6, 6.07) is 12.2. The lowest BCUT2D eigenvalue weighted by molar-refractivity contribution is -0.127. The number of benzene rings is 1. The van der Waals surface area contributed by atoms with Crippen LogP contribution in [0.2, 0.25) is 0 Å². The Hall–Kier alpha value is -3.09. The van der Waals surface area contributed by atoms with Crippen molar-refractivity contribution in [2.45, 2.75) is 31.8 Å². The van der Waals surface area contributed by atoms with Crippen LogP contribution < -0.4 is 10.6 Å². The molecule has 1 unspecified atom stereocenters. The summed E-state index contributed by atoms with van der Waals surface area (Å²) in [5.74, 6) is 0.201. The van der Waals surface area contributed by atoms with Crippen LogP contribution in [0.3, 0.4) is 0 Å². The highest BCUT2D eigenvalue weighted by molar-refractivity contribution is 6.04. The maximum absolute atomic E-state index is 12.4. The lowest BCUT2D eigenvalue weighted by Crippen LogP contribution is -2.33. The van der Waals surface area contributed by atoms with Crippen molar-refractivity contribution in [1.82, 2.24) is 15.5 Å². The molecule has 7 heteroatoms. The van der Waals surface area contributed by atoms with Crippen molar-refractivity contribution < 1.29 is 18.8 Å². The van der Waals surface area contributed by atoms with Crippen LogP contribution in [0.5, 0.6) is 0 Å². The number of furan rings is 1. The van der Waals surface area contributed by atoms with E-state index in [9.17, 15) is 14.4 Å². The highest BCUT2D eigenvalue weighted by Crippen LogP contribution is 2.13. The molecule has 2 aromatic rings. The molecule has 0 spiro atoms. The zero-order valence-corrected chi connectivity index (χ0v) is 14.3. The fraction of sp³-hybridized carbons (Fsp3) is 0.316. The average molecular weight is 355 g/mol. The van der Waals surface area contributed by atoms with Gasteiger partial charge in [-0.2, -0.15) is 0 Å². The molecule has 0 bridgehead atoms. The fourth-order valence-corrected chi connectivity index (χ4v) is 2.83. The van der Waals surface area contributed by atoms with E-state index in [4.69, 9.17) is 4.42 Å². The molecule has 1 fully saturated rings. The van der Waals surface area contributed by atoms with E-state index < -0.39 is 12.1 Å². The molecule has 3 rings (SSSR count). The smallest absolute Gasteiger partial charge is 0.324 e. The van der Waals surface area contributed by atoms with E-state index in [0.717, 1.165) is 5.56 Å². The van der Waals surface area contributed by atoms with Gasteiger partial charge >= 0.3 is 6.03 Å². The van der Waals surface area contributed by atoms with E-state index in [1.165, 1.54) is 11.2 Å². The van der Waals surface area contributed by atoms with Gasteiger partial charge in [0.25, 0.3) is 5.91 Å². The Bertz CT molecular complexity index is 758. The van der Waals surface area contributed by atoms with Crippen LogP contribution in [0.4, 0.5) is 4.79 Å². The van der Waals surface area contributed by atoms with E-state index in [2.05, 4.69) is 10.6 Å². The highest BCUT2D eigenvalue weighted by Gasteiger charge is 2.37. The molecule has 1 atom stereocenters. The molecule has 1 aromatic heterocycles. The van der Waals surface area contributed by atoms with Crippen LogP contribution in [0.15, 0.2) is 53.1 Å². The van der Waals surface area contributed by atoms with E-state index >= 15 is 0 Å². The normalized spacial score (nSPS) is 16.6. The first-order valence-electron chi connectivity index (χ1n) is 8.58. The third-order valence-corrected chi connectivity index (χ3v) is 4.27. The van der Waals surface area contributed by atoms with Gasteiger partial charge in [-0.15, -0.1) is 0 Å². The first-order valence-corrected chi connectivity index (χ1v) is 8.58. The number of rotatable bonds is 8. The molecule has 2 N–H and O–H groups in total. The van der Waals surface area contributed by atoms with Crippen molar-refractivity contribution in [2.24, 2.45) is 0 Å². The molecular weight excluding hydrogens is 334 g/mol. The molecule has 0 radical (unpaired) electrons. The number of urea groups is 1. The highest BCUT2D eigenvalue weighted by atomic mass is 16.3. The first-order chi connectivity index (χ1) is 12.6. The second kappa shape index (κ2) is 8.33. The largest absolute Gasteiger partial charge is 0.467 e. The third kappa shape index (κ3) is 4.50. The van der Waals surface area contributed by atoms with Gasteiger partial charge in [-0.05, 0) is 30.5 Å². The standard InChI is InChI=1S/C19H21N3O4/c23-17(20-13-15-7-4-12-26-15)9-8-16-18(24)22(19(25)21-16)11-10-14-5-2-1-3-6-14/h1-7,12,16H,8-11,13H2,(H,20,23)(H,21,25). The maximum Gasteiger partial charge on any atom is 0.324 e. The van der Waals surface area contributed by atoms with Crippen LogP contribution >= 0.6 is 0 Å². The summed E-state index contributed by atoms with van der Waals surface area (Å²) >= 11 is 0. The van der Waals surface area contributed by atoms with E-state index in [1.807, 2.05) is 30.3 Å². The summed E-state index contributed by atoms with van der Waals surface area (Å²) in [6.45, 7) is 0.635. The molecule has 1 aromatic carbocycles.